The molecule has 0 atom stereocenters. The molecule has 0 aliphatic carbocycles. The van der Waals surface area contributed by atoms with Gasteiger partial charge in [0.05, 0.1) is 0 Å². The second-order valence-electron chi connectivity index (χ2n) is 3.92. The Labute approximate surface area is 116 Å². The quantitative estimate of drug-likeness (QED) is 0.880. The van der Waals surface area contributed by atoms with E-state index in [1.54, 1.807) is 0 Å². The van der Waals surface area contributed by atoms with Crippen LogP contribution in [0.1, 0.15) is 12.5 Å². The Balaban J connectivity index is 1.97. The summed E-state index contributed by atoms with van der Waals surface area (Å²) >= 11 is 3.43. The van der Waals surface area contributed by atoms with Crippen molar-refractivity contribution in [2.24, 2.45) is 0 Å². The molecule has 4 heteroatoms. The van der Waals surface area contributed by atoms with Gasteiger partial charge in [-0.3, -0.25) is 0 Å². The third-order valence-electron chi connectivity index (χ3n) is 2.49. The zero-order chi connectivity index (χ0) is 12.8. The monoisotopic (exact) mass is 305 g/mol. The van der Waals surface area contributed by atoms with E-state index in [2.05, 4.69) is 50.6 Å². The lowest BCUT2D eigenvalue weighted by atomic mass is 10.2. The smallest absolute Gasteiger partial charge is 0.128 e. The van der Waals surface area contributed by atoms with Crippen molar-refractivity contribution in [1.82, 2.24) is 4.98 Å². The van der Waals surface area contributed by atoms with Crippen molar-refractivity contribution in [3.05, 3.63) is 52.5 Å². The average molecular weight is 306 g/mol. The first-order chi connectivity index (χ1) is 8.78. The van der Waals surface area contributed by atoms with Crippen molar-refractivity contribution in [2.45, 2.75) is 13.5 Å². The molecule has 94 valence electrons. The number of benzene rings is 1. The van der Waals surface area contributed by atoms with Crippen molar-refractivity contribution in [2.75, 3.05) is 17.2 Å². The standard InChI is InChI=1S/C14H16BrN3/c1-2-16-13-4-3-5-14(18-13)17-10-11-6-8-12(15)9-7-11/h3-9H,2,10H2,1H3,(H2,16,17,18). The first-order valence-electron chi connectivity index (χ1n) is 5.97. The maximum Gasteiger partial charge on any atom is 0.128 e. The number of rotatable bonds is 5. The SMILES string of the molecule is CCNc1cccc(NCc2ccc(Br)cc2)n1. The van der Waals surface area contributed by atoms with Crippen LogP contribution in [0.25, 0.3) is 0 Å². The van der Waals surface area contributed by atoms with Crippen LogP contribution in [0.15, 0.2) is 46.9 Å². The molecule has 0 saturated carbocycles. The minimum Gasteiger partial charge on any atom is -0.370 e. The number of anilines is 2. The Kier molecular flexibility index (Phi) is 4.59. The van der Waals surface area contributed by atoms with Gasteiger partial charge in [-0.2, -0.15) is 0 Å². The summed E-state index contributed by atoms with van der Waals surface area (Å²) in [5.41, 5.74) is 1.23. The molecule has 2 aromatic rings. The molecule has 18 heavy (non-hydrogen) atoms. The second-order valence-corrected chi connectivity index (χ2v) is 4.83. The van der Waals surface area contributed by atoms with Crippen LogP contribution in [0.5, 0.6) is 0 Å². The first-order valence-corrected chi connectivity index (χ1v) is 6.76. The van der Waals surface area contributed by atoms with Crippen LogP contribution in [0.3, 0.4) is 0 Å². The number of nitrogens with one attached hydrogen (secondary N) is 2. The molecule has 2 N–H and O–H groups in total. The summed E-state index contributed by atoms with van der Waals surface area (Å²) in [6.07, 6.45) is 0. The minimum atomic E-state index is 0.774. The molecule has 2 rings (SSSR count). The predicted octanol–water partition coefficient (Wildman–Crippen LogP) is 3.89. The maximum atomic E-state index is 4.46. The first kappa shape index (κ1) is 12.9. The number of pyridine rings is 1. The maximum absolute atomic E-state index is 4.46. The fourth-order valence-electron chi connectivity index (χ4n) is 1.61. The van der Waals surface area contributed by atoms with E-state index in [0.717, 1.165) is 29.2 Å². The molecule has 0 amide bonds. The van der Waals surface area contributed by atoms with Gasteiger partial charge >= 0.3 is 0 Å². The van der Waals surface area contributed by atoms with Crippen molar-refractivity contribution < 1.29 is 0 Å². The van der Waals surface area contributed by atoms with Gasteiger partial charge in [0, 0.05) is 17.6 Å². The van der Waals surface area contributed by atoms with Gasteiger partial charge < -0.3 is 10.6 Å². The Bertz CT molecular complexity index is 497. The summed E-state index contributed by atoms with van der Waals surface area (Å²) in [5.74, 6) is 1.79. The van der Waals surface area contributed by atoms with Crippen molar-refractivity contribution in [3.8, 4) is 0 Å². The van der Waals surface area contributed by atoms with Gasteiger partial charge in [-0.25, -0.2) is 4.98 Å². The summed E-state index contributed by atoms with van der Waals surface area (Å²) in [7, 11) is 0. The van der Waals surface area contributed by atoms with E-state index < -0.39 is 0 Å². The number of hydrogen-bond acceptors (Lipinski definition) is 3. The fraction of sp³-hybridized carbons (Fsp3) is 0.214. The number of hydrogen-bond donors (Lipinski definition) is 2. The Morgan fingerprint density at radius 2 is 1.67 bits per heavy atom. The van der Waals surface area contributed by atoms with Crippen LogP contribution in [0, 0.1) is 0 Å². The number of halogens is 1. The highest BCUT2D eigenvalue weighted by molar-refractivity contribution is 9.10. The fourth-order valence-corrected chi connectivity index (χ4v) is 1.87. The van der Waals surface area contributed by atoms with Gasteiger partial charge in [-0.1, -0.05) is 34.1 Å². The highest BCUT2D eigenvalue weighted by Gasteiger charge is 1.97. The van der Waals surface area contributed by atoms with Gasteiger partial charge in [0.25, 0.3) is 0 Å². The van der Waals surface area contributed by atoms with Crippen LogP contribution < -0.4 is 10.6 Å². The third-order valence-corrected chi connectivity index (χ3v) is 3.02. The zero-order valence-corrected chi connectivity index (χ0v) is 11.9. The van der Waals surface area contributed by atoms with Crippen molar-refractivity contribution in [1.29, 1.82) is 0 Å². The molecule has 0 spiro atoms. The molecule has 1 heterocycles. The predicted molar refractivity (Wildman–Crippen MR) is 79.9 cm³/mol. The molecule has 0 aliphatic rings. The summed E-state index contributed by atoms with van der Waals surface area (Å²) in [6.45, 7) is 3.71. The number of aromatic nitrogens is 1. The molecule has 0 aliphatic heterocycles. The van der Waals surface area contributed by atoms with E-state index in [9.17, 15) is 0 Å². The van der Waals surface area contributed by atoms with E-state index in [0.29, 0.717) is 0 Å². The van der Waals surface area contributed by atoms with Gasteiger partial charge in [-0.15, -0.1) is 0 Å². The minimum absolute atomic E-state index is 0.774. The molecule has 0 unspecified atom stereocenters. The van der Waals surface area contributed by atoms with E-state index in [4.69, 9.17) is 0 Å². The Morgan fingerprint density at radius 1 is 1.00 bits per heavy atom. The summed E-state index contributed by atoms with van der Waals surface area (Å²) in [5, 5.41) is 6.51. The van der Waals surface area contributed by atoms with Crippen LogP contribution in [0.2, 0.25) is 0 Å². The lowest BCUT2D eigenvalue weighted by Gasteiger charge is -2.08. The van der Waals surface area contributed by atoms with Gasteiger partial charge in [0.2, 0.25) is 0 Å². The van der Waals surface area contributed by atoms with Gasteiger partial charge in [-0.05, 0) is 36.8 Å². The average Bonchev–Trinajstić information content (AvgIpc) is 2.39. The van der Waals surface area contributed by atoms with E-state index in [1.807, 2.05) is 30.3 Å². The summed E-state index contributed by atoms with van der Waals surface area (Å²) in [4.78, 5) is 4.46. The van der Waals surface area contributed by atoms with Crippen LogP contribution in [-0.2, 0) is 6.54 Å². The lowest BCUT2D eigenvalue weighted by molar-refractivity contribution is 1.10. The Morgan fingerprint density at radius 3 is 2.33 bits per heavy atom. The molecule has 1 aromatic heterocycles. The van der Waals surface area contributed by atoms with E-state index in [1.165, 1.54) is 5.56 Å². The highest BCUT2D eigenvalue weighted by atomic mass is 79.9. The van der Waals surface area contributed by atoms with Gasteiger partial charge in [0.15, 0.2) is 0 Å². The molecular weight excluding hydrogens is 290 g/mol. The van der Waals surface area contributed by atoms with Crippen molar-refractivity contribution in [3.63, 3.8) is 0 Å². The number of nitrogens with zero attached hydrogens (tertiary/aromatic N) is 1. The van der Waals surface area contributed by atoms with E-state index in [-0.39, 0.29) is 0 Å². The largest absolute Gasteiger partial charge is 0.370 e. The Hall–Kier alpha value is -1.55. The molecule has 1 aromatic carbocycles. The third kappa shape index (κ3) is 3.74. The normalized spacial score (nSPS) is 10.1. The molecule has 0 saturated heterocycles. The lowest BCUT2D eigenvalue weighted by Crippen LogP contribution is -2.04. The van der Waals surface area contributed by atoms with Crippen LogP contribution >= 0.6 is 15.9 Å². The van der Waals surface area contributed by atoms with Crippen LogP contribution in [-0.4, -0.2) is 11.5 Å². The molecule has 3 nitrogen and oxygen atoms in total. The molecule has 0 radical (unpaired) electrons. The molecule has 0 bridgehead atoms. The molecular formula is C14H16BrN3. The highest BCUT2D eigenvalue weighted by Crippen LogP contribution is 2.13. The van der Waals surface area contributed by atoms with Crippen molar-refractivity contribution >= 4 is 27.6 Å². The van der Waals surface area contributed by atoms with Crippen LogP contribution in [0.4, 0.5) is 11.6 Å². The van der Waals surface area contributed by atoms with E-state index >= 15 is 0 Å². The molecule has 0 fully saturated rings. The summed E-state index contributed by atoms with van der Waals surface area (Å²) < 4.78 is 1.10. The zero-order valence-electron chi connectivity index (χ0n) is 10.3. The van der Waals surface area contributed by atoms with Gasteiger partial charge in [0.1, 0.15) is 11.6 Å². The topological polar surface area (TPSA) is 37.0 Å². The summed E-state index contributed by atoms with van der Waals surface area (Å²) in [6, 6.07) is 14.2. The second kappa shape index (κ2) is 6.40.